The van der Waals surface area contributed by atoms with Crippen molar-refractivity contribution in [2.24, 2.45) is 0 Å². The smallest absolute Gasteiger partial charge is 0.279 e. The number of amides is 1. The zero-order valence-electron chi connectivity index (χ0n) is 12.9. The highest BCUT2D eigenvalue weighted by Crippen LogP contribution is 2.28. The lowest BCUT2D eigenvalue weighted by molar-refractivity contribution is -0.885. The molecule has 0 bridgehead atoms. The number of nitrogens with one attached hydrogen (secondary N) is 2. The van der Waals surface area contributed by atoms with Gasteiger partial charge in [0.15, 0.2) is 6.54 Å². The van der Waals surface area contributed by atoms with Gasteiger partial charge in [-0.3, -0.25) is 14.9 Å². The molecule has 1 heterocycles. The number of benzene rings is 1. The summed E-state index contributed by atoms with van der Waals surface area (Å²) >= 11 is 1.63. The SMILES string of the molecule is COc1cc([N+](=O)[O-])ccc1NC(=O)C[NH+](C)Cc1ccsc1. The standard InChI is InChI=1S/C15H17N3O4S/c1-17(8-11-5-6-23-10-11)9-15(19)16-13-4-3-12(18(20)21)7-14(13)22-2/h3-7,10H,8-9H2,1-2H3,(H,16,19)/p+1. The summed E-state index contributed by atoms with van der Waals surface area (Å²) in [6.45, 7) is 1.05. The molecule has 8 heteroatoms. The normalized spacial score (nSPS) is 11.7. The third-order valence-electron chi connectivity index (χ3n) is 3.22. The Balaban J connectivity index is 1.98. The molecule has 0 aliphatic carbocycles. The van der Waals surface area contributed by atoms with Gasteiger partial charge < -0.3 is 15.0 Å². The van der Waals surface area contributed by atoms with Gasteiger partial charge in [-0.2, -0.15) is 11.3 Å². The first kappa shape index (κ1) is 16.9. The van der Waals surface area contributed by atoms with Crippen LogP contribution in [0.3, 0.4) is 0 Å². The summed E-state index contributed by atoms with van der Waals surface area (Å²) in [6, 6.07) is 6.13. The van der Waals surface area contributed by atoms with Crippen molar-refractivity contribution in [2.75, 3.05) is 26.0 Å². The molecule has 1 aromatic heterocycles. The Hall–Kier alpha value is -2.45. The summed E-state index contributed by atoms with van der Waals surface area (Å²) in [4.78, 5) is 23.4. The molecule has 2 N–H and O–H groups in total. The van der Waals surface area contributed by atoms with Crippen LogP contribution in [-0.4, -0.2) is 31.5 Å². The van der Waals surface area contributed by atoms with Crippen LogP contribution in [0.2, 0.25) is 0 Å². The van der Waals surface area contributed by atoms with Crippen molar-refractivity contribution in [1.82, 2.24) is 0 Å². The third kappa shape index (κ3) is 4.76. The molecule has 0 spiro atoms. The maximum Gasteiger partial charge on any atom is 0.279 e. The van der Waals surface area contributed by atoms with E-state index in [1.807, 2.05) is 18.5 Å². The van der Waals surface area contributed by atoms with Crippen LogP contribution in [0.25, 0.3) is 0 Å². The Kier molecular flexibility index (Phi) is 5.67. The minimum absolute atomic E-state index is 0.0833. The van der Waals surface area contributed by atoms with Crippen LogP contribution in [0.1, 0.15) is 5.56 Å². The van der Waals surface area contributed by atoms with E-state index in [-0.39, 0.29) is 23.9 Å². The Labute approximate surface area is 137 Å². The number of hydrogen-bond donors (Lipinski definition) is 2. The van der Waals surface area contributed by atoms with Crippen molar-refractivity contribution in [2.45, 2.75) is 6.54 Å². The molecule has 2 rings (SSSR count). The Morgan fingerprint density at radius 2 is 2.22 bits per heavy atom. The summed E-state index contributed by atoms with van der Waals surface area (Å²) in [5, 5.41) is 17.6. The molecule has 0 fully saturated rings. The van der Waals surface area contributed by atoms with E-state index in [0.29, 0.717) is 5.69 Å². The number of methoxy groups -OCH3 is 1. The predicted octanol–water partition coefficient (Wildman–Crippen LogP) is 1.32. The summed E-state index contributed by atoms with van der Waals surface area (Å²) in [5.74, 6) is 0.0907. The number of hydrogen-bond acceptors (Lipinski definition) is 5. The molecule has 0 aliphatic rings. The van der Waals surface area contributed by atoms with Crippen LogP contribution in [0.5, 0.6) is 5.75 Å². The summed E-state index contributed by atoms with van der Waals surface area (Å²) in [7, 11) is 3.34. The second-order valence-electron chi connectivity index (χ2n) is 5.13. The second kappa shape index (κ2) is 7.70. The van der Waals surface area contributed by atoms with Gasteiger partial charge in [0, 0.05) is 11.6 Å². The van der Waals surface area contributed by atoms with Gasteiger partial charge in [0.1, 0.15) is 12.3 Å². The van der Waals surface area contributed by atoms with Gasteiger partial charge >= 0.3 is 0 Å². The molecule has 1 amide bonds. The molecule has 0 aliphatic heterocycles. The molecule has 1 aromatic carbocycles. The number of carbonyl (C=O) groups excluding carboxylic acids is 1. The molecular weight excluding hydrogens is 318 g/mol. The number of quaternary nitrogens is 1. The van der Waals surface area contributed by atoms with E-state index in [1.54, 1.807) is 11.3 Å². The topological polar surface area (TPSA) is 85.9 Å². The summed E-state index contributed by atoms with van der Waals surface area (Å²) in [5.41, 5.74) is 1.53. The van der Waals surface area contributed by atoms with Gasteiger partial charge in [-0.05, 0) is 22.9 Å². The Morgan fingerprint density at radius 1 is 1.43 bits per heavy atom. The number of carbonyl (C=O) groups is 1. The fourth-order valence-electron chi connectivity index (χ4n) is 2.17. The van der Waals surface area contributed by atoms with Crippen LogP contribution in [0.4, 0.5) is 11.4 Å². The van der Waals surface area contributed by atoms with Gasteiger partial charge in [-0.15, -0.1) is 0 Å². The van der Waals surface area contributed by atoms with Gasteiger partial charge in [-0.25, -0.2) is 0 Å². The van der Waals surface area contributed by atoms with E-state index in [0.717, 1.165) is 11.4 Å². The van der Waals surface area contributed by atoms with Crippen molar-refractivity contribution in [1.29, 1.82) is 0 Å². The zero-order valence-corrected chi connectivity index (χ0v) is 13.7. The molecule has 0 saturated heterocycles. The monoisotopic (exact) mass is 336 g/mol. The number of thiophene rings is 1. The van der Waals surface area contributed by atoms with Gasteiger partial charge in [0.25, 0.3) is 11.6 Å². The summed E-state index contributed by atoms with van der Waals surface area (Å²) < 4.78 is 5.10. The highest BCUT2D eigenvalue weighted by atomic mass is 32.1. The molecular formula is C15H18N3O4S+. The quantitative estimate of drug-likeness (QED) is 0.590. The minimum Gasteiger partial charge on any atom is -0.494 e. The van der Waals surface area contributed by atoms with Crippen molar-refractivity contribution < 1.29 is 19.4 Å². The first-order chi connectivity index (χ1) is 11.0. The van der Waals surface area contributed by atoms with Crippen molar-refractivity contribution in [3.63, 3.8) is 0 Å². The molecule has 0 radical (unpaired) electrons. The van der Waals surface area contributed by atoms with Crippen LogP contribution in [0.15, 0.2) is 35.0 Å². The second-order valence-corrected chi connectivity index (χ2v) is 5.91. The molecule has 122 valence electrons. The number of non-ortho nitro benzene ring substituents is 1. The fourth-order valence-corrected chi connectivity index (χ4v) is 2.84. The average Bonchev–Trinajstić information content (AvgIpc) is 2.99. The number of likely N-dealkylation sites (N-methyl/N-ethyl adjacent to an activating group) is 1. The Morgan fingerprint density at radius 3 is 2.83 bits per heavy atom. The Bertz CT molecular complexity index is 688. The molecule has 23 heavy (non-hydrogen) atoms. The van der Waals surface area contributed by atoms with Crippen molar-refractivity contribution >= 4 is 28.6 Å². The molecule has 1 unspecified atom stereocenters. The number of anilines is 1. The third-order valence-corrected chi connectivity index (χ3v) is 3.95. The maximum absolute atomic E-state index is 12.1. The van der Waals surface area contributed by atoms with E-state index in [9.17, 15) is 14.9 Å². The fraction of sp³-hybridized carbons (Fsp3) is 0.267. The molecule has 7 nitrogen and oxygen atoms in total. The van der Waals surface area contributed by atoms with E-state index < -0.39 is 4.92 Å². The molecule has 0 saturated carbocycles. The molecule has 1 atom stereocenters. The minimum atomic E-state index is -0.507. The number of nitro benzene ring substituents is 1. The first-order valence-electron chi connectivity index (χ1n) is 6.94. The highest BCUT2D eigenvalue weighted by Gasteiger charge is 2.16. The summed E-state index contributed by atoms with van der Waals surface area (Å²) in [6.07, 6.45) is 0. The van der Waals surface area contributed by atoms with E-state index in [2.05, 4.69) is 10.7 Å². The van der Waals surface area contributed by atoms with Gasteiger partial charge in [-0.1, -0.05) is 0 Å². The average molecular weight is 336 g/mol. The van der Waals surface area contributed by atoms with Crippen molar-refractivity contribution in [3.05, 3.63) is 50.7 Å². The van der Waals surface area contributed by atoms with Crippen LogP contribution in [0, 0.1) is 10.1 Å². The first-order valence-corrected chi connectivity index (χ1v) is 7.88. The van der Waals surface area contributed by atoms with Crippen LogP contribution >= 0.6 is 11.3 Å². The largest absolute Gasteiger partial charge is 0.494 e. The number of ether oxygens (including phenoxy) is 1. The predicted molar refractivity (Wildman–Crippen MR) is 88.1 cm³/mol. The lowest BCUT2D eigenvalue weighted by Crippen LogP contribution is -3.08. The molecule has 2 aromatic rings. The van der Waals surface area contributed by atoms with E-state index in [1.165, 1.54) is 30.9 Å². The van der Waals surface area contributed by atoms with Crippen LogP contribution in [-0.2, 0) is 11.3 Å². The van der Waals surface area contributed by atoms with E-state index in [4.69, 9.17) is 4.74 Å². The van der Waals surface area contributed by atoms with Crippen LogP contribution < -0.4 is 15.0 Å². The van der Waals surface area contributed by atoms with Gasteiger partial charge in [0.05, 0.1) is 30.8 Å². The highest BCUT2D eigenvalue weighted by molar-refractivity contribution is 7.07. The lowest BCUT2D eigenvalue weighted by atomic mass is 10.2. The van der Waals surface area contributed by atoms with Crippen molar-refractivity contribution in [3.8, 4) is 5.75 Å². The van der Waals surface area contributed by atoms with E-state index >= 15 is 0 Å². The van der Waals surface area contributed by atoms with Gasteiger partial charge in [0.2, 0.25) is 0 Å². The number of rotatable bonds is 7. The zero-order chi connectivity index (χ0) is 16.8. The lowest BCUT2D eigenvalue weighted by Gasteiger charge is -2.14. The number of nitro groups is 1. The number of nitrogens with zero attached hydrogens (tertiary/aromatic N) is 1. The maximum atomic E-state index is 12.1.